The van der Waals surface area contributed by atoms with E-state index in [1.165, 1.54) is 6.07 Å². The zero-order chi connectivity index (χ0) is 14.1. The van der Waals surface area contributed by atoms with E-state index in [1.807, 2.05) is 13.0 Å². The maximum absolute atomic E-state index is 13.8. The summed E-state index contributed by atoms with van der Waals surface area (Å²) in [6.07, 6.45) is 2.46. The first-order chi connectivity index (χ1) is 9.19. The third-order valence-corrected chi connectivity index (χ3v) is 2.97. The first-order valence-electron chi connectivity index (χ1n) is 6.95. The van der Waals surface area contributed by atoms with Crippen molar-refractivity contribution in [3.05, 3.63) is 29.6 Å². The molecule has 0 heterocycles. The highest BCUT2D eigenvalue weighted by Crippen LogP contribution is 2.22. The number of hydrogen-bond acceptors (Lipinski definition) is 3. The van der Waals surface area contributed by atoms with E-state index in [-0.39, 0.29) is 24.2 Å². The number of unbranched alkanes of at least 4 members (excludes halogenated alkanes) is 1. The lowest BCUT2D eigenvalue weighted by atomic mass is 10.1. The van der Waals surface area contributed by atoms with Gasteiger partial charge < -0.3 is 15.2 Å². The number of ether oxygens (including phenoxy) is 1. The Labute approximate surface area is 114 Å². The summed E-state index contributed by atoms with van der Waals surface area (Å²) in [7, 11) is 0. The Morgan fingerprint density at radius 1 is 1.37 bits per heavy atom. The standard InChI is InChI=1S/C15H24FNO2/c1-3-8-17-12(2)13-6-7-15(14(16)11-13)19-10-5-4-9-18/h6-7,11-12,17-18H,3-5,8-10H2,1-2H3. The second-order valence-corrected chi connectivity index (χ2v) is 4.64. The Bertz CT molecular complexity index is 371. The molecule has 108 valence electrons. The molecule has 1 unspecified atom stereocenters. The monoisotopic (exact) mass is 269 g/mol. The van der Waals surface area contributed by atoms with Crippen molar-refractivity contribution in [2.45, 2.75) is 39.2 Å². The molecule has 0 aromatic heterocycles. The minimum atomic E-state index is -0.327. The molecule has 0 radical (unpaired) electrons. The van der Waals surface area contributed by atoms with Crippen LogP contribution in [0, 0.1) is 5.82 Å². The summed E-state index contributed by atoms with van der Waals surface area (Å²) in [5.74, 6) is -0.0453. The second kappa shape index (κ2) is 8.88. The van der Waals surface area contributed by atoms with Gasteiger partial charge in [0.25, 0.3) is 0 Å². The second-order valence-electron chi connectivity index (χ2n) is 4.64. The van der Waals surface area contributed by atoms with Crippen LogP contribution in [0.2, 0.25) is 0 Å². The summed E-state index contributed by atoms with van der Waals surface area (Å²) >= 11 is 0. The molecule has 0 bridgehead atoms. The van der Waals surface area contributed by atoms with Crippen LogP contribution in [0.5, 0.6) is 5.75 Å². The molecule has 1 atom stereocenters. The number of hydrogen-bond donors (Lipinski definition) is 2. The van der Waals surface area contributed by atoms with Gasteiger partial charge in [0.05, 0.1) is 6.61 Å². The fraction of sp³-hybridized carbons (Fsp3) is 0.600. The molecule has 0 spiro atoms. The van der Waals surface area contributed by atoms with Gasteiger partial charge in [0.1, 0.15) is 0 Å². The van der Waals surface area contributed by atoms with Gasteiger partial charge in [0.15, 0.2) is 11.6 Å². The van der Waals surface area contributed by atoms with Gasteiger partial charge in [-0.3, -0.25) is 0 Å². The van der Waals surface area contributed by atoms with Crippen LogP contribution in [-0.4, -0.2) is 24.9 Å². The van der Waals surface area contributed by atoms with Crippen LogP contribution in [0.15, 0.2) is 18.2 Å². The molecule has 4 heteroatoms. The van der Waals surface area contributed by atoms with Crippen LogP contribution in [0.4, 0.5) is 4.39 Å². The summed E-state index contributed by atoms with van der Waals surface area (Å²) in [6.45, 7) is 5.61. The van der Waals surface area contributed by atoms with E-state index in [4.69, 9.17) is 9.84 Å². The van der Waals surface area contributed by atoms with E-state index in [1.54, 1.807) is 6.07 Å². The van der Waals surface area contributed by atoms with Crippen molar-refractivity contribution in [3.63, 3.8) is 0 Å². The average Bonchev–Trinajstić information content (AvgIpc) is 2.42. The molecule has 0 aliphatic rings. The highest BCUT2D eigenvalue weighted by atomic mass is 19.1. The summed E-state index contributed by atoms with van der Waals surface area (Å²) in [4.78, 5) is 0. The van der Waals surface area contributed by atoms with Gasteiger partial charge in [0.2, 0.25) is 0 Å². The van der Waals surface area contributed by atoms with Crippen molar-refractivity contribution in [2.24, 2.45) is 0 Å². The predicted molar refractivity (Wildman–Crippen MR) is 74.9 cm³/mol. The SMILES string of the molecule is CCCNC(C)c1ccc(OCCCCO)c(F)c1. The number of aliphatic hydroxyl groups excluding tert-OH is 1. The van der Waals surface area contributed by atoms with Crippen LogP contribution in [0.3, 0.4) is 0 Å². The largest absolute Gasteiger partial charge is 0.491 e. The van der Waals surface area contributed by atoms with E-state index < -0.39 is 0 Å². The van der Waals surface area contributed by atoms with E-state index in [0.717, 1.165) is 24.9 Å². The molecule has 3 nitrogen and oxygen atoms in total. The number of nitrogens with one attached hydrogen (secondary N) is 1. The molecule has 2 N–H and O–H groups in total. The van der Waals surface area contributed by atoms with E-state index >= 15 is 0 Å². The third kappa shape index (κ3) is 5.57. The van der Waals surface area contributed by atoms with Crippen LogP contribution in [0.1, 0.15) is 44.7 Å². The minimum Gasteiger partial charge on any atom is -0.491 e. The van der Waals surface area contributed by atoms with Crippen molar-refractivity contribution >= 4 is 0 Å². The normalized spacial score (nSPS) is 12.4. The van der Waals surface area contributed by atoms with Crippen LogP contribution in [0.25, 0.3) is 0 Å². The third-order valence-electron chi connectivity index (χ3n) is 2.97. The molecule has 1 aromatic rings. The highest BCUT2D eigenvalue weighted by Gasteiger charge is 2.09. The maximum Gasteiger partial charge on any atom is 0.165 e. The zero-order valence-electron chi connectivity index (χ0n) is 11.8. The van der Waals surface area contributed by atoms with E-state index in [9.17, 15) is 4.39 Å². The molecule has 0 aliphatic heterocycles. The van der Waals surface area contributed by atoms with E-state index in [2.05, 4.69) is 12.2 Å². The fourth-order valence-corrected chi connectivity index (χ4v) is 1.78. The number of rotatable bonds is 9. The Hall–Kier alpha value is -1.13. The Morgan fingerprint density at radius 3 is 2.79 bits per heavy atom. The van der Waals surface area contributed by atoms with Crippen molar-refractivity contribution in [1.82, 2.24) is 5.32 Å². The Kier molecular flexibility index (Phi) is 7.45. The molecule has 0 aliphatic carbocycles. The lowest BCUT2D eigenvalue weighted by molar-refractivity contribution is 0.248. The van der Waals surface area contributed by atoms with Crippen molar-refractivity contribution in [2.75, 3.05) is 19.8 Å². The van der Waals surface area contributed by atoms with Gasteiger partial charge in [0, 0.05) is 12.6 Å². The Morgan fingerprint density at radius 2 is 2.16 bits per heavy atom. The molecular weight excluding hydrogens is 245 g/mol. The van der Waals surface area contributed by atoms with Gasteiger partial charge in [-0.2, -0.15) is 0 Å². The highest BCUT2D eigenvalue weighted by molar-refractivity contribution is 5.30. The number of benzene rings is 1. The first-order valence-corrected chi connectivity index (χ1v) is 6.95. The minimum absolute atomic E-state index is 0.137. The quantitative estimate of drug-likeness (QED) is 0.677. The molecule has 0 saturated heterocycles. The number of aliphatic hydroxyl groups is 1. The molecule has 0 saturated carbocycles. The van der Waals surface area contributed by atoms with Crippen molar-refractivity contribution in [3.8, 4) is 5.75 Å². The summed E-state index contributed by atoms with van der Waals surface area (Å²) < 4.78 is 19.2. The lowest BCUT2D eigenvalue weighted by Crippen LogP contribution is -2.19. The average molecular weight is 269 g/mol. The number of halogens is 1. The van der Waals surface area contributed by atoms with Gasteiger partial charge in [-0.1, -0.05) is 13.0 Å². The fourth-order valence-electron chi connectivity index (χ4n) is 1.78. The molecule has 0 amide bonds. The first kappa shape index (κ1) is 15.9. The summed E-state index contributed by atoms with van der Waals surface area (Å²) in [5, 5.41) is 12.0. The van der Waals surface area contributed by atoms with Crippen LogP contribution in [-0.2, 0) is 0 Å². The Balaban J connectivity index is 2.53. The van der Waals surface area contributed by atoms with Gasteiger partial charge >= 0.3 is 0 Å². The van der Waals surface area contributed by atoms with Crippen molar-refractivity contribution in [1.29, 1.82) is 0 Å². The molecular formula is C15H24FNO2. The van der Waals surface area contributed by atoms with E-state index in [0.29, 0.717) is 13.0 Å². The predicted octanol–water partition coefficient (Wildman–Crippen LogP) is 3.04. The van der Waals surface area contributed by atoms with Gasteiger partial charge in [-0.05, 0) is 50.4 Å². The summed E-state index contributed by atoms with van der Waals surface area (Å²) in [6, 6.07) is 5.22. The van der Waals surface area contributed by atoms with Gasteiger partial charge in [-0.15, -0.1) is 0 Å². The van der Waals surface area contributed by atoms with Crippen LogP contribution < -0.4 is 10.1 Å². The van der Waals surface area contributed by atoms with Crippen molar-refractivity contribution < 1.29 is 14.2 Å². The van der Waals surface area contributed by atoms with Gasteiger partial charge in [-0.25, -0.2) is 4.39 Å². The zero-order valence-corrected chi connectivity index (χ0v) is 11.8. The molecule has 19 heavy (non-hydrogen) atoms. The molecule has 1 aromatic carbocycles. The summed E-state index contributed by atoms with van der Waals surface area (Å²) in [5.41, 5.74) is 0.925. The molecule has 0 fully saturated rings. The molecule has 1 rings (SSSR count). The smallest absolute Gasteiger partial charge is 0.165 e. The lowest BCUT2D eigenvalue weighted by Gasteiger charge is -2.15. The topological polar surface area (TPSA) is 41.5 Å². The maximum atomic E-state index is 13.8. The van der Waals surface area contributed by atoms with Crippen LogP contribution >= 0.6 is 0 Å².